The van der Waals surface area contributed by atoms with Crippen LogP contribution >= 0.6 is 0 Å². The quantitative estimate of drug-likeness (QED) is 0.478. The molecule has 0 heterocycles. The molecule has 0 spiro atoms. The summed E-state index contributed by atoms with van der Waals surface area (Å²) in [5.41, 5.74) is 0.821. The van der Waals surface area contributed by atoms with E-state index in [2.05, 4.69) is 9.99 Å². The van der Waals surface area contributed by atoms with Crippen LogP contribution in [0.1, 0.15) is 12.5 Å². The molecule has 0 aromatic heterocycles. The van der Waals surface area contributed by atoms with Gasteiger partial charge >= 0.3 is 5.97 Å². The Kier molecular flexibility index (Phi) is 4.29. The molecule has 0 atom stereocenters. The van der Waals surface area contributed by atoms with Crippen LogP contribution in [-0.2, 0) is 9.63 Å². The third kappa shape index (κ3) is 4.27. The van der Waals surface area contributed by atoms with Crippen molar-refractivity contribution in [3.8, 4) is 11.5 Å². The Morgan fingerprint density at radius 2 is 1.63 bits per heavy atom. The number of nitrogens with zero attached hydrogens (tertiary/aromatic N) is 1. The predicted molar refractivity (Wildman–Crippen MR) is 72.3 cm³/mol. The van der Waals surface area contributed by atoms with Crippen molar-refractivity contribution in [2.45, 2.75) is 6.92 Å². The highest BCUT2D eigenvalue weighted by Crippen LogP contribution is 2.20. The molecule has 19 heavy (non-hydrogen) atoms. The molecule has 0 saturated carbocycles. The van der Waals surface area contributed by atoms with Crippen LogP contribution in [0.4, 0.5) is 0 Å². The first-order chi connectivity index (χ1) is 9.24. The Hall–Kier alpha value is -2.62. The van der Waals surface area contributed by atoms with Crippen molar-refractivity contribution in [3.63, 3.8) is 0 Å². The van der Waals surface area contributed by atoms with Gasteiger partial charge in [-0.2, -0.15) is 0 Å². The van der Waals surface area contributed by atoms with Gasteiger partial charge in [0.2, 0.25) is 0 Å². The molecule has 0 saturated heterocycles. The molecule has 4 heteroatoms. The first kappa shape index (κ1) is 12.8. The van der Waals surface area contributed by atoms with Crippen molar-refractivity contribution >= 4 is 12.2 Å². The summed E-state index contributed by atoms with van der Waals surface area (Å²) in [5, 5.41) is 3.54. The molecule has 0 unspecified atom stereocenters. The van der Waals surface area contributed by atoms with Crippen molar-refractivity contribution < 1.29 is 14.4 Å². The van der Waals surface area contributed by atoms with Gasteiger partial charge in [0.1, 0.15) is 11.5 Å². The maximum absolute atomic E-state index is 10.5. The zero-order valence-electron chi connectivity index (χ0n) is 10.4. The van der Waals surface area contributed by atoms with Crippen molar-refractivity contribution in [1.82, 2.24) is 0 Å². The Morgan fingerprint density at radius 3 is 2.26 bits per heavy atom. The number of para-hydroxylation sites is 1. The number of oxime groups is 1. The minimum atomic E-state index is -0.444. The SMILES string of the molecule is CC(=O)ON=Cc1ccc(Oc2ccccc2)cc1. The van der Waals surface area contributed by atoms with Gasteiger partial charge in [-0.1, -0.05) is 23.4 Å². The van der Waals surface area contributed by atoms with E-state index in [4.69, 9.17) is 4.74 Å². The molecular weight excluding hydrogens is 242 g/mol. The molecule has 96 valence electrons. The minimum absolute atomic E-state index is 0.444. The van der Waals surface area contributed by atoms with Gasteiger partial charge in [-0.25, -0.2) is 4.79 Å². The fraction of sp³-hybridized carbons (Fsp3) is 0.0667. The fourth-order valence-electron chi connectivity index (χ4n) is 1.41. The van der Waals surface area contributed by atoms with Gasteiger partial charge in [-0.15, -0.1) is 0 Å². The number of rotatable bonds is 4. The largest absolute Gasteiger partial charge is 0.457 e. The summed E-state index contributed by atoms with van der Waals surface area (Å²) in [5.74, 6) is 1.07. The number of ether oxygens (including phenoxy) is 1. The van der Waals surface area contributed by atoms with Crippen LogP contribution in [-0.4, -0.2) is 12.2 Å². The smallest absolute Gasteiger partial charge is 0.331 e. The maximum Gasteiger partial charge on any atom is 0.331 e. The highest BCUT2D eigenvalue weighted by molar-refractivity contribution is 5.80. The summed E-state index contributed by atoms with van der Waals surface area (Å²) in [7, 11) is 0. The molecule has 4 nitrogen and oxygen atoms in total. The lowest BCUT2D eigenvalue weighted by atomic mass is 10.2. The van der Waals surface area contributed by atoms with E-state index < -0.39 is 5.97 Å². The lowest BCUT2D eigenvalue weighted by Gasteiger charge is -2.05. The molecule has 0 fully saturated rings. The first-order valence-corrected chi connectivity index (χ1v) is 5.78. The second-order valence-electron chi connectivity index (χ2n) is 3.80. The molecule has 0 bridgehead atoms. The molecule has 2 rings (SSSR count). The van der Waals surface area contributed by atoms with Gasteiger partial charge in [0.05, 0.1) is 6.21 Å². The van der Waals surface area contributed by atoms with Crippen LogP contribution < -0.4 is 4.74 Å². The number of carbonyl (C=O) groups is 1. The van der Waals surface area contributed by atoms with Crippen LogP contribution in [0.2, 0.25) is 0 Å². The van der Waals surface area contributed by atoms with E-state index in [1.165, 1.54) is 13.1 Å². The fourth-order valence-corrected chi connectivity index (χ4v) is 1.41. The topological polar surface area (TPSA) is 47.9 Å². The van der Waals surface area contributed by atoms with E-state index in [1.807, 2.05) is 54.6 Å². The van der Waals surface area contributed by atoms with E-state index in [0.29, 0.717) is 0 Å². The van der Waals surface area contributed by atoms with E-state index >= 15 is 0 Å². The van der Waals surface area contributed by atoms with Gasteiger partial charge in [0.15, 0.2) is 0 Å². The molecule has 2 aromatic carbocycles. The standard InChI is InChI=1S/C15H13NO3/c1-12(17)19-16-11-13-7-9-15(10-8-13)18-14-5-3-2-4-6-14/h2-11H,1H3. The van der Waals surface area contributed by atoms with Crippen molar-refractivity contribution in [2.24, 2.45) is 5.16 Å². The van der Waals surface area contributed by atoms with E-state index in [-0.39, 0.29) is 0 Å². The van der Waals surface area contributed by atoms with Crippen LogP contribution in [0.15, 0.2) is 59.8 Å². The third-order valence-corrected chi connectivity index (χ3v) is 2.24. The number of hydrogen-bond donors (Lipinski definition) is 0. The first-order valence-electron chi connectivity index (χ1n) is 5.78. The summed E-state index contributed by atoms with van der Waals surface area (Å²) in [4.78, 5) is 15.0. The van der Waals surface area contributed by atoms with Gasteiger partial charge in [-0.3, -0.25) is 0 Å². The number of carbonyl (C=O) groups excluding carboxylic acids is 1. The second kappa shape index (κ2) is 6.35. The molecule has 0 radical (unpaired) electrons. The zero-order valence-corrected chi connectivity index (χ0v) is 10.4. The molecule has 0 amide bonds. The van der Waals surface area contributed by atoms with Gasteiger partial charge in [0.25, 0.3) is 0 Å². The molecule has 0 aliphatic heterocycles. The lowest BCUT2D eigenvalue weighted by Crippen LogP contribution is -1.91. The zero-order chi connectivity index (χ0) is 13.5. The average Bonchev–Trinajstić information content (AvgIpc) is 2.42. The van der Waals surface area contributed by atoms with Crippen LogP contribution in [0.3, 0.4) is 0 Å². The molecule has 2 aromatic rings. The Balaban J connectivity index is 1.98. The molecule has 0 aliphatic carbocycles. The second-order valence-corrected chi connectivity index (χ2v) is 3.80. The van der Waals surface area contributed by atoms with Crippen LogP contribution in [0, 0.1) is 0 Å². The third-order valence-electron chi connectivity index (χ3n) is 2.24. The molecule has 0 N–H and O–H groups in total. The van der Waals surface area contributed by atoms with Crippen molar-refractivity contribution in [3.05, 3.63) is 60.2 Å². The van der Waals surface area contributed by atoms with E-state index in [9.17, 15) is 4.79 Å². The molecular formula is C15H13NO3. The normalized spacial score (nSPS) is 10.4. The predicted octanol–water partition coefficient (Wildman–Crippen LogP) is 3.38. The Labute approximate surface area is 111 Å². The summed E-state index contributed by atoms with van der Waals surface area (Å²) < 4.78 is 5.65. The summed E-state index contributed by atoms with van der Waals surface area (Å²) in [6.45, 7) is 1.30. The highest BCUT2D eigenvalue weighted by Gasteiger charge is 1.96. The van der Waals surface area contributed by atoms with Gasteiger partial charge < -0.3 is 9.57 Å². The highest BCUT2D eigenvalue weighted by atomic mass is 16.7. The van der Waals surface area contributed by atoms with Gasteiger partial charge in [-0.05, 0) is 42.0 Å². The summed E-state index contributed by atoms with van der Waals surface area (Å²) in [6.07, 6.45) is 1.47. The lowest BCUT2D eigenvalue weighted by molar-refractivity contribution is -0.140. The van der Waals surface area contributed by atoms with E-state index in [0.717, 1.165) is 17.1 Å². The van der Waals surface area contributed by atoms with Crippen LogP contribution in [0.25, 0.3) is 0 Å². The van der Waals surface area contributed by atoms with Crippen molar-refractivity contribution in [2.75, 3.05) is 0 Å². The molecule has 0 aliphatic rings. The monoisotopic (exact) mass is 255 g/mol. The Morgan fingerprint density at radius 1 is 1.00 bits per heavy atom. The van der Waals surface area contributed by atoms with Crippen molar-refractivity contribution in [1.29, 1.82) is 0 Å². The number of benzene rings is 2. The Bertz CT molecular complexity index is 562. The van der Waals surface area contributed by atoms with Crippen LogP contribution in [0.5, 0.6) is 11.5 Å². The summed E-state index contributed by atoms with van der Waals surface area (Å²) >= 11 is 0. The van der Waals surface area contributed by atoms with E-state index in [1.54, 1.807) is 0 Å². The maximum atomic E-state index is 10.5. The minimum Gasteiger partial charge on any atom is -0.457 e. The summed E-state index contributed by atoms with van der Waals surface area (Å²) in [6, 6.07) is 16.8. The number of hydrogen-bond acceptors (Lipinski definition) is 4. The van der Waals surface area contributed by atoms with Gasteiger partial charge in [0, 0.05) is 6.92 Å². The average molecular weight is 255 g/mol.